The average molecular weight is 294 g/mol. The van der Waals surface area contributed by atoms with Crippen LogP contribution in [0.2, 0.25) is 0 Å². The molecule has 0 spiro atoms. The number of hydrogen-bond acceptors (Lipinski definition) is 4. The summed E-state index contributed by atoms with van der Waals surface area (Å²) in [5.74, 6) is -0.520. The summed E-state index contributed by atoms with van der Waals surface area (Å²) in [6, 6.07) is 3.07. The maximum atomic E-state index is 12.3. The molecule has 1 aromatic heterocycles. The first kappa shape index (κ1) is 14.8. The predicted molar refractivity (Wildman–Crippen MR) is 77.4 cm³/mol. The fourth-order valence-corrected chi connectivity index (χ4v) is 3.70. The summed E-state index contributed by atoms with van der Waals surface area (Å²) in [6.45, 7) is 1.98. The molecule has 0 radical (unpaired) electrons. The van der Waals surface area contributed by atoms with Crippen molar-refractivity contribution in [2.75, 3.05) is 5.75 Å². The molecule has 2 unspecified atom stereocenters. The molecule has 0 bridgehead atoms. The van der Waals surface area contributed by atoms with Crippen LogP contribution in [0.15, 0.2) is 24.5 Å². The number of hydrogen-bond donors (Lipinski definition) is 1. The molecule has 1 amide bonds. The maximum absolute atomic E-state index is 12.3. The molecule has 1 fully saturated rings. The highest BCUT2D eigenvalue weighted by Gasteiger charge is 2.40. The van der Waals surface area contributed by atoms with E-state index in [0.717, 1.165) is 12.0 Å². The minimum Gasteiger partial charge on any atom is -0.480 e. The lowest BCUT2D eigenvalue weighted by molar-refractivity contribution is -0.149. The van der Waals surface area contributed by atoms with Crippen molar-refractivity contribution in [3.8, 4) is 0 Å². The van der Waals surface area contributed by atoms with Crippen LogP contribution in [-0.4, -0.2) is 44.0 Å². The molecule has 2 rings (SSSR count). The maximum Gasteiger partial charge on any atom is 0.327 e. The zero-order chi connectivity index (χ0) is 14.5. The van der Waals surface area contributed by atoms with Gasteiger partial charge in [0.15, 0.2) is 0 Å². The van der Waals surface area contributed by atoms with Gasteiger partial charge in [-0.1, -0.05) is 13.0 Å². The Morgan fingerprint density at radius 2 is 2.35 bits per heavy atom. The minimum atomic E-state index is -0.914. The van der Waals surface area contributed by atoms with Gasteiger partial charge in [-0.15, -0.1) is 11.8 Å². The van der Waals surface area contributed by atoms with Crippen LogP contribution < -0.4 is 0 Å². The second kappa shape index (κ2) is 6.74. The highest BCUT2D eigenvalue weighted by molar-refractivity contribution is 8.00. The van der Waals surface area contributed by atoms with Crippen LogP contribution in [0, 0.1) is 0 Å². The van der Waals surface area contributed by atoms with E-state index in [4.69, 9.17) is 0 Å². The Bertz CT molecular complexity index is 481. The summed E-state index contributed by atoms with van der Waals surface area (Å²) >= 11 is 1.55. The number of carboxylic acid groups (broad SMARTS) is 1. The SMILES string of the molecule is CCC1SCC(C(=O)O)N1C(=O)CCc1cccnc1. The third-order valence-electron chi connectivity index (χ3n) is 3.37. The molecule has 0 aromatic carbocycles. The molecular formula is C14H18N2O3S. The number of carbonyl (C=O) groups is 2. The van der Waals surface area contributed by atoms with Crippen molar-refractivity contribution in [2.45, 2.75) is 37.6 Å². The van der Waals surface area contributed by atoms with Gasteiger partial charge in [-0.3, -0.25) is 9.78 Å². The number of rotatable bonds is 5. The fourth-order valence-electron chi connectivity index (χ4n) is 2.33. The summed E-state index contributed by atoms with van der Waals surface area (Å²) in [5, 5.41) is 9.20. The zero-order valence-corrected chi connectivity index (χ0v) is 12.2. The summed E-state index contributed by atoms with van der Waals surface area (Å²) in [5.41, 5.74) is 0.993. The number of aryl methyl sites for hydroxylation is 1. The number of amides is 1. The Hall–Kier alpha value is -1.56. The van der Waals surface area contributed by atoms with Crippen LogP contribution >= 0.6 is 11.8 Å². The molecule has 108 valence electrons. The van der Waals surface area contributed by atoms with E-state index >= 15 is 0 Å². The Balaban J connectivity index is 2.00. The van der Waals surface area contributed by atoms with E-state index in [1.807, 2.05) is 19.1 Å². The van der Waals surface area contributed by atoms with Crippen molar-refractivity contribution >= 4 is 23.6 Å². The number of aromatic nitrogens is 1. The number of thioether (sulfide) groups is 1. The number of carbonyl (C=O) groups excluding carboxylic acids is 1. The fraction of sp³-hybridized carbons (Fsp3) is 0.500. The van der Waals surface area contributed by atoms with Gasteiger partial charge in [-0.05, 0) is 24.5 Å². The van der Waals surface area contributed by atoms with Gasteiger partial charge in [0.25, 0.3) is 0 Å². The molecule has 0 aliphatic carbocycles. The minimum absolute atomic E-state index is 0.0162. The van der Waals surface area contributed by atoms with E-state index in [9.17, 15) is 14.7 Å². The van der Waals surface area contributed by atoms with Gasteiger partial charge < -0.3 is 10.0 Å². The van der Waals surface area contributed by atoms with Crippen molar-refractivity contribution in [1.82, 2.24) is 9.88 Å². The smallest absolute Gasteiger partial charge is 0.327 e. The van der Waals surface area contributed by atoms with Gasteiger partial charge in [-0.25, -0.2) is 4.79 Å². The Kier molecular flexibility index (Phi) is 5.00. The van der Waals surface area contributed by atoms with E-state index in [1.54, 1.807) is 29.1 Å². The number of carboxylic acids is 1. The molecule has 1 aliphatic heterocycles. The Labute approximate surface area is 122 Å². The molecule has 6 heteroatoms. The predicted octanol–water partition coefficient (Wildman–Crippen LogP) is 1.78. The lowest BCUT2D eigenvalue weighted by atomic mass is 10.1. The lowest BCUT2D eigenvalue weighted by Crippen LogP contribution is -2.45. The van der Waals surface area contributed by atoms with Crippen LogP contribution in [0.1, 0.15) is 25.3 Å². The Morgan fingerprint density at radius 3 is 2.95 bits per heavy atom. The standard InChI is InChI=1S/C14H18N2O3S/c1-2-13-16(11(9-20-13)14(18)19)12(17)6-5-10-4-3-7-15-8-10/h3-4,7-8,11,13H,2,5-6,9H2,1H3,(H,18,19). The molecule has 0 saturated carbocycles. The number of pyridine rings is 1. The van der Waals surface area contributed by atoms with Crippen LogP contribution in [0.25, 0.3) is 0 Å². The van der Waals surface area contributed by atoms with Gasteiger partial charge in [0.2, 0.25) is 5.91 Å². The first-order valence-electron chi connectivity index (χ1n) is 6.68. The second-order valence-corrected chi connectivity index (χ2v) is 5.92. The molecule has 1 aliphatic rings. The zero-order valence-electron chi connectivity index (χ0n) is 11.4. The third-order valence-corrected chi connectivity index (χ3v) is 4.82. The summed E-state index contributed by atoms with van der Waals surface area (Å²) in [7, 11) is 0. The van der Waals surface area contributed by atoms with Crippen LogP contribution in [0.5, 0.6) is 0 Å². The normalized spacial score (nSPS) is 21.9. The average Bonchev–Trinajstić information content (AvgIpc) is 2.90. The quantitative estimate of drug-likeness (QED) is 0.896. The van der Waals surface area contributed by atoms with E-state index in [0.29, 0.717) is 18.6 Å². The topological polar surface area (TPSA) is 70.5 Å². The molecule has 1 N–H and O–H groups in total. The third kappa shape index (κ3) is 3.30. The van der Waals surface area contributed by atoms with Gasteiger partial charge in [0, 0.05) is 24.6 Å². The van der Waals surface area contributed by atoms with Crippen molar-refractivity contribution in [2.24, 2.45) is 0 Å². The molecule has 5 nitrogen and oxygen atoms in total. The molecule has 2 heterocycles. The molecule has 20 heavy (non-hydrogen) atoms. The molecule has 1 aromatic rings. The van der Waals surface area contributed by atoms with E-state index < -0.39 is 12.0 Å². The van der Waals surface area contributed by atoms with Crippen molar-refractivity contribution in [3.05, 3.63) is 30.1 Å². The first-order chi connectivity index (χ1) is 9.63. The second-order valence-electron chi connectivity index (χ2n) is 4.71. The Morgan fingerprint density at radius 1 is 1.55 bits per heavy atom. The van der Waals surface area contributed by atoms with Crippen LogP contribution in [0.3, 0.4) is 0 Å². The highest BCUT2D eigenvalue weighted by atomic mass is 32.2. The van der Waals surface area contributed by atoms with E-state index in [-0.39, 0.29) is 11.3 Å². The van der Waals surface area contributed by atoms with Gasteiger partial charge in [0.05, 0.1) is 5.37 Å². The van der Waals surface area contributed by atoms with Crippen LogP contribution in [-0.2, 0) is 16.0 Å². The summed E-state index contributed by atoms with van der Waals surface area (Å²) < 4.78 is 0. The first-order valence-corrected chi connectivity index (χ1v) is 7.72. The van der Waals surface area contributed by atoms with E-state index in [2.05, 4.69) is 4.98 Å². The monoisotopic (exact) mass is 294 g/mol. The van der Waals surface area contributed by atoms with Gasteiger partial charge >= 0.3 is 5.97 Å². The van der Waals surface area contributed by atoms with E-state index in [1.165, 1.54) is 0 Å². The van der Waals surface area contributed by atoms with Crippen LogP contribution in [0.4, 0.5) is 0 Å². The molecular weight excluding hydrogens is 276 g/mol. The van der Waals surface area contributed by atoms with Crippen molar-refractivity contribution in [1.29, 1.82) is 0 Å². The number of nitrogens with zero attached hydrogens (tertiary/aromatic N) is 2. The largest absolute Gasteiger partial charge is 0.480 e. The highest BCUT2D eigenvalue weighted by Crippen LogP contribution is 2.32. The van der Waals surface area contributed by atoms with Crippen molar-refractivity contribution in [3.63, 3.8) is 0 Å². The van der Waals surface area contributed by atoms with Gasteiger partial charge in [-0.2, -0.15) is 0 Å². The lowest BCUT2D eigenvalue weighted by Gasteiger charge is -2.26. The van der Waals surface area contributed by atoms with Gasteiger partial charge in [0.1, 0.15) is 6.04 Å². The summed E-state index contributed by atoms with van der Waals surface area (Å²) in [6.07, 6.45) is 5.12. The summed E-state index contributed by atoms with van der Waals surface area (Å²) in [4.78, 5) is 29.1. The number of aliphatic carboxylic acids is 1. The molecule has 1 saturated heterocycles. The van der Waals surface area contributed by atoms with Crippen molar-refractivity contribution < 1.29 is 14.7 Å². The molecule has 2 atom stereocenters.